The Bertz CT molecular complexity index is 227. The number of carbonyl (C=O) groups excluding carboxylic acids is 1. The lowest BCUT2D eigenvalue weighted by Gasteiger charge is -2.15. The first-order valence-corrected chi connectivity index (χ1v) is 5.09. The van der Waals surface area contributed by atoms with Gasteiger partial charge in [0.15, 0.2) is 0 Å². The molecule has 0 aromatic rings. The van der Waals surface area contributed by atoms with Crippen molar-refractivity contribution in [3.63, 3.8) is 0 Å². The molecule has 1 saturated heterocycles. The minimum atomic E-state index is -0.826. The van der Waals surface area contributed by atoms with Crippen LogP contribution in [0, 0.1) is 5.92 Å². The summed E-state index contributed by atoms with van der Waals surface area (Å²) in [6.07, 6.45) is 2.00. The van der Waals surface area contributed by atoms with Crippen molar-refractivity contribution in [2.75, 3.05) is 13.1 Å². The molecule has 1 amide bonds. The molecule has 0 aromatic carbocycles. The van der Waals surface area contributed by atoms with E-state index in [1.165, 1.54) is 0 Å². The van der Waals surface area contributed by atoms with Crippen LogP contribution in [0.15, 0.2) is 0 Å². The molecular formula is C10H17NO3. The first-order chi connectivity index (χ1) is 6.59. The van der Waals surface area contributed by atoms with Gasteiger partial charge < -0.3 is 10.0 Å². The number of amides is 1. The summed E-state index contributed by atoms with van der Waals surface area (Å²) >= 11 is 0. The summed E-state index contributed by atoms with van der Waals surface area (Å²) in [5, 5.41) is 8.41. The van der Waals surface area contributed by atoms with E-state index in [0.717, 1.165) is 19.5 Å². The fourth-order valence-electron chi connectivity index (χ4n) is 1.71. The second-order valence-corrected chi connectivity index (χ2v) is 3.98. The highest BCUT2D eigenvalue weighted by atomic mass is 16.4. The Morgan fingerprint density at radius 3 is 2.64 bits per heavy atom. The fourth-order valence-corrected chi connectivity index (χ4v) is 1.71. The molecule has 1 fully saturated rings. The van der Waals surface area contributed by atoms with Crippen LogP contribution >= 0.6 is 0 Å². The molecule has 4 heteroatoms. The van der Waals surface area contributed by atoms with Crippen LogP contribution in [0.1, 0.15) is 32.6 Å². The van der Waals surface area contributed by atoms with Gasteiger partial charge in [0.2, 0.25) is 5.91 Å². The number of carboxylic acid groups (broad SMARTS) is 1. The van der Waals surface area contributed by atoms with Crippen LogP contribution in [0.25, 0.3) is 0 Å². The highest BCUT2D eigenvalue weighted by Crippen LogP contribution is 2.16. The van der Waals surface area contributed by atoms with Gasteiger partial charge in [-0.05, 0) is 18.8 Å². The lowest BCUT2D eigenvalue weighted by Crippen LogP contribution is -2.28. The van der Waals surface area contributed by atoms with E-state index in [1.807, 2.05) is 4.90 Å². The van der Waals surface area contributed by atoms with Crippen LogP contribution in [0.5, 0.6) is 0 Å². The molecule has 1 heterocycles. The lowest BCUT2D eigenvalue weighted by atomic mass is 10.2. The van der Waals surface area contributed by atoms with E-state index < -0.39 is 5.97 Å². The molecule has 0 radical (unpaired) electrons. The molecular weight excluding hydrogens is 182 g/mol. The summed E-state index contributed by atoms with van der Waals surface area (Å²) in [7, 11) is 0. The van der Waals surface area contributed by atoms with E-state index >= 15 is 0 Å². The van der Waals surface area contributed by atoms with E-state index in [2.05, 4.69) is 6.92 Å². The predicted molar refractivity (Wildman–Crippen MR) is 51.8 cm³/mol. The highest BCUT2D eigenvalue weighted by Gasteiger charge is 2.22. The van der Waals surface area contributed by atoms with E-state index in [-0.39, 0.29) is 12.3 Å². The van der Waals surface area contributed by atoms with Crippen LogP contribution < -0.4 is 0 Å². The molecule has 0 bridgehead atoms. The van der Waals surface area contributed by atoms with E-state index in [0.29, 0.717) is 18.8 Å². The smallest absolute Gasteiger partial charge is 0.303 e. The van der Waals surface area contributed by atoms with E-state index in [1.54, 1.807) is 0 Å². The standard InChI is InChI=1S/C10H17NO3/c1-8-5-6-11(7-8)9(12)3-2-4-10(13)14/h8H,2-7H2,1H3,(H,13,14). The monoisotopic (exact) mass is 199 g/mol. The van der Waals surface area contributed by atoms with Crippen molar-refractivity contribution in [2.24, 2.45) is 5.92 Å². The minimum absolute atomic E-state index is 0.0924. The van der Waals surface area contributed by atoms with Gasteiger partial charge in [-0.1, -0.05) is 6.92 Å². The zero-order valence-electron chi connectivity index (χ0n) is 8.53. The number of carbonyl (C=O) groups is 2. The Kier molecular flexibility index (Phi) is 3.92. The third kappa shape index (κ3) is 3.36. The molecule has 1 aliphatic rings. The van der Waals surface area contributed by atoms with Gasteiger partial charge >= 0.3 is 5.97 Å². The molecule has 1 rings (SSSR count). The first-order valence-electron chi connectivity index (χ1n) is 5.09. The SMILES string of the molecule is CC1CCN(C(=O)CCCC(=O)O)C1. The Balaban J connectivity index is 2.18. The maximum Gasteiger partial charge on any atom is 0.303 e. The van der Waals surface area contributed by atoms with E-state index in [9.17, 15) is 9.59 Å². The first kappa shape index (κ1) is 11.0. The second-order valence-electron chi connectivity index (χ2n) is 3.98. The number of likely N-dealkylation sites (tertiary alicyclic amines) is 1. The number of rotatable bonds is 4. The van der Waals surface area contributed by atoms with Crippen LogP contribution in [0.3, 0.4) is 0 Å². The maximum atomic E-state index is 11.5. The van der Waals surface area contributed by atoms with Crippen molar-refractivity contribution in [3.05, 3.63) is 0 Å². The predicted octanol–water partition coefficient (Wildman–Crippen LogP) is 1.11. The molecule has 0 aromatic heterocycles. The van der Waals surface area contributed by atoms with Crippen molar-refractivity contribution in [1.82, 2.24) is 4.90 Å². The Morgan fingerprint density at radius 2 is 2.14 bits per heavy atom. The molecule has 0 aliphatic carbocycles. The zero-order valence-corrected chi connectivity index (χ0v) is 8.53. The van der Waals surface area contributed by atoms with Gasteiger partial charge in [-0.3, -0.25) is 9.59 Å². The fraction of sp³-hybridized carbons (Fsp3) is 0.800. The summed E-state index contributed by atoms with van der Waals surface area (Å²) in [5.41, 5.74) is 0. The van der Waals surface area contributed by atoms with Gasteiger partial charge in [-0.2, -0.15) is 0 Å². The molecule has 1 aliphatic heterocycles. The average Bonchev–Trinajstić information content (AvgIpc) is 2.51. The Morgan fingerprint density at radius 1 is 1.43 bits per heavy atom. The topological polar surface area (TPSA) is 57.6 Å². The normalized spacial score (nSPS) is 21.2. The lowest BCUT2D eigenvalue weighted by molar-refractivity contribution is -0.137. The maximum absolute atomic E-state index is 11.5. The van der Waals surface area contributed by atoms with Gasteiger partial charge in [0, 0.05) is 25.9 Å². The van der Waals surface area contributed by atoms with Crippen molar-refractivity contribution in [2.45, 2.75) is 32.6 Å². The van der Waals surface area contributed by atoms with Crippen molar-refractivity contribution >= 4 is 11.9 Å². The third-order valence-corrected chi connectivity index (χ3v) is 2.56. The van der Waals surface area contributed by atoms with Gasteiger partial charge in [-0.15, -0.1) is 0 Å². The van der Waals surface area contributed by atoms with Gasteiger partial charge in [0.05, 0.1) is 0 Å². The van der Waals surface area contributed by atoms with Crippen LogP contribution in [-0.4, -0.2) is 35.0 Å². The summed E-state index contributed by atoms with van der Waals surface area (Å²) in [6.45, 7) is 3.81. The summed E-state index contributed by atoms with van der Waals surface area (Å²) in [4.78, 5) is 23.6. The van der Waals surface area contributed by atoms with Crippen molar-refractivity contribution in [1.29, 1.82) is 0 Å². The van der Waals surface area contributed by atoms with Gasteiger partial charge in [0.25, 0.3) is 0 Å². The van der Waals surface area contributed by atoms with E-state index in [4.69, 9.17) is 5.11 Å². The van der Waals surface area contributed by atoms with Gasteiger partial charge in [-0.25, -0.2) is 0 Å². The van der Waals surface area contributed by atoms with Crippen LogP contribution in [0.2, 0.25) is 0 Å². The Labute approximate surface area is 83.9 Å². The number of aliphatic carboxylic acids is 1. The third-order valence-electron chi connectivity index (χ3n) is 2.56. The molecule has 0 saturated carbocycles. The van der Waals surface area contributed by atoms with Gasteiger partial charge in [0.1, 0.15) is 0 Å². The number of hydrogen-bond acceptors (Lipinski definition) is 2. The molecule has 1 atom stereocenters. The largest absolute Gasteiger partial charge is 0.481 e. The number of carboxylic acids is 1. The minimum Gasteiger partial charge on any atom is -0.481 e. The molecule has 0 spiro atoms. The molecule has 1 unspecified atom stereocenters. The highest BCUT2D eigenvalue weighted by molar-refractivity contribution is 5.77. The van der Waals surface area contributed by atoms with Crippen molar-refractivity contribution < 1.29 is 14.7 Å². The quantitative estimate of drug-likeness (QED) is 0.737. The molecule has 14 heavy (non-hydrogen) atoms. The second kappa shape index (κ2) is 4.98. The summed E-state index contributed by atoms with van der Waals surface area (Å²) < 4.78 is 0. The average molecular weight is 199 g/mol. The number of hydrogen-bond donors (Lipinski definition) is 1. The number of nitrogens with zero attached hydrogens (tertiary/aromatic N) is 1. The zero-order chi connectivity index (χ0) is 10.6. The summed E-state index contributed by atoms with van der Waals surface area (Å²) in [5.74, 6) is -0.124. The molecule has 4 nitrogen and oxygen atoms in total. The van der Waals surface area contributed by atoms with Crippen LogP contribution in [-0.2, 0) is 9.59 Å². The Hall–Kier alpha value is -1.06. The molecule has 80 valence electrons. The summed E-state index contributed by atoms with van der Waals surface area (Å²) in [6, 6.07) is 0. The van der Waals surface area contributed by atoms with Crippen LogP contribution in [0.4, 0.5) is 0 Å². The van der Waals surface area contributed by atoms with Crippen molar-refractivity contribution in [3.8, 4) is 0 Å². The molecule has 1 N–H and O–H groups in total.